The van der Waals surface area contributed by atoms with Crippen LogP contribution in [-0.2, 0) is 4.79 Å². The number of para-hydroxylation sites is 1. The van der Waals surface area contributed by atoms with E-state index in [1.807, 2.05) is 36.1 Å². The first kappa shape index (κ1) is 24.1. The number of carbonyl (C=O) groups is 2. The molecule has 2 heterocycles. The van der Waals surface area contributed by atoms with Crippen molar-refractivity contribution in [2.45, 2.75) is 77.7 Å². The van der Waals surface area contributed by atoms with Crippen molar-refractivity contribution < 1.29 is 9.59 Å². The lowest BCUT2D eigenvalue weighted by atomic mass is 9.86. The average molecular weight is 442 g/mol. The Bertz CT molecular complexity index is 808. The largest absolute Gasteiger partial charge is 0.342 e. The smallest absolute Gasteiger partial charge is 0.321 e. The molecule has 2 aliphatic rings. The number of piperidine rings is 1. The number of unbranched alkanes of at least 4 members (excludes halogenated alkanes) is 2. The van der Waals surface area contributed by atoms with E-state index in [0.717, 1.165) is 62.6 Å². The highest BCUT2D eigenvalue weighted by molar-refractivity contribution is 6.07. The molecule has 3 amide bonds. The van der Waals surface area contributed by atoms with E-state index in [2.05, 4.69) is 24.5 Å². The second-order valence-electron chi connectivity index (χ2n) is 9.35. The number of likely N-dealkylation sites (tertiary alicyclic amines) is 1. The minimum atomic E-state index is -0.600. The van der Waals surface area contributed by atoms with E-state index < -0.39 is 5.54 Å². The van der Waals surface area contributed by atoms with Crippen molar-refractivity contribution in [2.75, 3.05) is 25.0 Å². The van der Waals surface area contributed by atoms with E-state index in [9.17, 15) is 9.59 Å². The molecule has 2 aliphatic heterocycles. The number of anilines is 1. The zero-order chi connectivity index (χ0) is 23.1. The lowest BCUT2D eigenvalue weighted by Gasteiger charge is -2.34. The summed E-state index contributed by atoms with van der Waals surface area (Å²) in [4.78, 5) is 29.6. The maximum atomic E-state index is 13.4. The molecule has 2 saturated heterocycles. The first-order valence-electron chi connectivity index (χ1n) is 12.2. The Labute approximate surface area is 192 Å². The summed E-state index contributed by atoms with van der Waals surface area (Å²) in [5.41, 5.74) is 1.29. The first-order valence-corrected chi connectivity index (χ1v) is 12.2. The Kier molecular flexibility index (Phi) is 8.15. The van der Waals surface area contributed by atoms with Gasteiger partial charge >= 0.3 is 6.03 Å². The van der Waals surface area contributed by atoms with Crippen LogP contribution < -0.4 is 10.6 Å². The van der Waals surface area contributed by atoms with Crippen molar-refractivity contribution in [1.82, 2.24) is 15.1 Å². The van der Waals surface area contributed by atoms with Crippen LogP contribution >= 0.6 is 0 Å². The van der Waals surface area contributed by atoms with Crippen molar-refractivity contribution in [3.63, 3.8) is 0 Å². The third kappa shape index (κ3) is 5.43. The molecule has 32 heavy (non-hydrogen) atoms. The van der Waals surface area contributed by atoms with Gasteiger partial charge < -0.3 is 15.5 Å². The monoisotopic (exact) mass is 441 g/mol. The number of hydrogen-bond acceptors (Lipinski definition) is 3. The van der Waals surface area contributed by atoms with E-state index in [-0.39, 0.29) is 17.9 Å². The first-order chi connectivity index (χ1) is 15.4. The van der Waals surface area contributed by atoms with Crippen LogP contribution in [0.1, 0.15) is 70.8 Å². The molecule has 176 valence electrons. The molecule has 0 atom stereocenters. The quantitative estimate of drug-likeness (QED) is 0.518. The summed E-state index contributed by atoms with van der Waals surface area (Å²) >= 11 is 0. The normalized spacial score (nSPS) is 18.7. The third-order valence-corrected chi connectivity index (χ3v) is 6.93. The number of carbonyl (C=O) groups excluding carboxylic acids is 2. The summed E-state index contributed by atoms with van der Waals surface area (Å²) in [6, 6.07) is 7.72. The molecule has 0 radical (unpaired) electrons. The predicted molar refractivity (Wildman–Crippen MR) is 129 cm³/mol. The molecule has 0 spiro atoms. The van der Waals surface area contributed by atoms with Crippen molar-refractivity contribution in [1.29, 1.82) is 5.41 Å². The molecule has 1 aromatic rings. The van der Waals surface area contributed by atoms with Crippen molar-refractivity contribution >= 4 is 23.6 Å². The number of hydrogen-bond donors (Lipinski definition) is 3. The van der Waals surface area contributed by atoms with Crippen LogP contribution in [-0.4, -0.2) is 52.9 Å². The van der Waals surface area contributed by atoms with E-state index in [1.54, 1.807) is 4.90 Å². The topological polar surface area (TPSA) is 88.5 Å². The molecule has 0 bridgehead atoms. The average Bonchev–Trinajstić information content (AvgIpc) is 3.02. The lowest BCUT2D eigenvalue weighted by molar-refractivity contribution is -0.132. The number of aryl methyl sites for hydroxylation is 1. The number of guanidine groups is 1. The maximum Gasteiger partial charge on any atom is 0.321 e. The van der Waals surface area contributed by atoms with Gasteiger partial charge in [0.15, 0.2) is 5.96 Å². The van der Waals surface area contributed by atoms with Crippen LogP contribution in [0.5, 0.6) is 0 Å². The van der Waals surface area contributed by atoms with Gasteiger partial charge in [-0.15, -0.1) is 0 Å². The van der Waals surface area contributed by atoms with Crippen LogP contribution in [0.25, 0.3) is 0 Å². The van der Waals surface area contributed by atoms with Crippen molar-refractivity contribution in [3.05, 3.63) is 29.8 Å². The van der Waals surface area contributed by atoms with Gasteiger partial charge in [-0.05, 0) is 50.2 Å². The van der Waals surface area contributed by atoms with Gasteiger partial charge in [-0.3, -0.25) is 15.1 Å². The fraction of sp³-hybridized carbons (Fsp3) is 0.640. The minimum absolute atomic E-state index is 0.0671. The Balaban J connectivity index is 1.55. The number of rotatable bonds is 9. The van der Waals surface area contributed by atoms with Crippen LogP contribution in [0.3, 0.4) is 0 Å². The highest BCUT2D eigenvalue weighted by atomic mass is 16.2. The highest BCUT2D eigenvalue weighted by Crippen LogP contribution is 2.31. The standard InChI is InChI=1S/C25H39N5O2/c1-4-6-14-25(15-7-5-2)22(31)30(23(26)28-25)18-20-12-16-29(17-13-20)24(32)27-21-11-9-8-10-19(21)3/h8-11,20H,4-7,12-18H2,1-3H3,(H2,26,28)(H,27,32). The van der Waals surface area contributed by atoms with Crippen LogP contribution in [0, 0.1) is 18.3 Å². The van der Waals surface area contributed by atoms with Crippen LogP contribution in [0.2, 0.25) is 0 Å². The Morgan fingerprint density at radius 1 is 1.16 bits per heavy atom. The zero-order valence-corrected chi connectivity index (χ0v) is 19.9. The summed E-state index contributed by atoms with van der Waals surface area (Å²) in [5, 5.41) is 14.7. The molecule has 0 unspecified atom stereocenters. The number of nitrogens with zero attached hydrogens (tertiary/aromatic N) is 2. The molecule has 3 N–H and O–H groups in total. The highest BCUT2D eigenvalue weighted by Gasteiger charge is 2.48. The fourth-order valence-electron chi connectivity index (χ4n) is 4.79. The fourth-order valence-corrected chi connectivity index (χ4v) is 4.79. The summed E-state index contributed by atoms with van der Waals surface area (Å²) < 4.78 is 0. The van der Waals surface area contributed by atoms with Crippen molar-refractivity contribution in [3.8, 4) is 0 Å². The van der Waals surface area contributed by atoms with E-state index in [0.29, 0.717) is 25.6 Å². The van der Waals surface area contributed by atoms with Gasteiger partial charge in [0.2, 0.25) is 0 Å². The zero-order valence-electron chi connectivity index (χ0n) is 19.9. The van der Waals surface area contributed by atoms with E-state index >= 15 is 0 Å². The van der Waals surface area contributed by atoms with Crippen molar-refractivity contribution in [2.24, 2.45) is 5.92 Å². The summed E-state index contributed by atoms with van der Waals surface area (Å²) in [5.74, 6) is 0.628. The summed E-state index contributed by atoms with van der Waals surface area (Å²) in [6.07, 6.45) is 7.32. The Hall–Kier alpha value is -2.57. The van der Waals surface area contributed by atoms with Gasteiger partial charge in [0.1, 0.15) is 5.54 Å². The molecule has 3 rings (SSSR count). The van der Waals surface area contributed by atoms with Gasteiger partial charge in [-0.25, -0.2) is 4.79 Å². The molecule has 1 aromatic carbocycles. The molecular formula is C25H39N5O2. The Morgan fingerprint density at radius 3 is 2.38 bits per heavy atom. The lowest BCUT2D eigenvalue weighted by Crippen LogP contribution is -2.48. The Morgan fingerprint density at radius 2 is 1.78 bits per heavy atom. The molecule has 7 heteroatoms. The number of nitrogens with one attached hydrogen (secondary N) is 3. The van der Waals surface area contributed by atoms with Gasteiger partial charge in [-0.1, -0.05) is 57.7 Å². The molecule has 0 aliphatic carbocycles. The molecule has 7 nitrogen and oxygen atoms in total. The second kappa shape index (κ2) is 10.8. The van der Waals surface area contributed by atoms with Gasteiger partial charge in [-0.2, -0.15) is 0 Å². The second-order valence-corrected chi connectivity index (χ2v) is 9.35. The van der Waals surface area contributed by atoms with E-state index in [1.165, 1.54) is 0 Å². The summed E-state index contributed by atoms with van der Waals surface area (Å²) in [7, 11) is 0. The van der Waals surface area contributed by atoms with Gasteiger partial charge in [0.25, 0.3) is 5.91 Å². The van der Waals surface area contributed by atoms with Crippen LogP contribution in [0.15, 0.2) is 24.3 Å². The van der Waals surface area contributed by atoms with E-state index in [4.69, 9.17) is 5.41 Å². The predicted octanol–water partition coefficient (Wildman–Crippen LogP) is 4.72. The third-order valence-electron chi connectivity index (χ3n) is 6.93. The number of urea groups is 1. The van der Waals surface area contributed by atoms with Crippen LogP contribution in [0.4, 0.5) is 10.5 Å². The number of benzene rings is 1. The van der Waals surface area contributed by atoms with Gasteiger partial charge in [0.05, 0.1) is 0 Å². The molecule has 0 saturated carbocycles. The SMILES string of the molecule is CCCCC1(CCCC)NC(=N)N(CC2CCN(C(=O)Nc3ccccc3C)CC2)C1=O. The number of amides is 3. The van der Waals surface area contributed by atoms with Gasteiger partial charge in [0, 0.05) is 25.3 Å². The molecule has 0 aromatic heterocycles. The summed E-state index contributed by atoms with van der Waals surface area (Å²) in [6.45, 7) is 8.17. The molecule has 2 fully saturated rings. The maximum absolute atomic E-state index is 13.4. The molecular weight excluding hydrogens is 402 g/mol. The minimum Gasteiger partial charge on any atom is -0.342 e.